The Morgan fingerprint density at radius 1 is 1.15 bits per heavy atom. The molecule has 6 nitrogen and oxygen atoms in total. The van der Waals surface area contributed by atoms with E-state index in [2.05, 4.69) is 20.5 Å². The summed E-state index contributed by atoms with van der Waals surface area (Å²) in [7, 11) is 0. The van der Waals surface area contributed by atoms with E-state index < -0.39 is 12.7 Å². The molecule has 2 heterocycles. The molecule has 0 spiro atoms. The average molecular weight is 507 g/mol. The van der Waals surface area contributed by atoms with Gasteiger partial charge in [-0.2, -0.15) is 13.2 Å². The Morgan fingerprint density at radius 2 is 1.81 bits per heavy atom. The highest BCUT2D eigenvalue weighted by molar-refractivity contribution is 14.0. The van der Waals surface area contributed by atoms with E-state index in [1.165, 1.54) is 4.90 Å². The summed E-state index contributed by atoms with van der Waals surface area (Å²) in [6, 6.07) is -0.00117. The molecule has 2 aliphatic rings. The fraction of sp³-hybridized carbons (Fsp3) is 0.941. The number of piperidine rings is 1. The van der Waals surface area contributed by atoms with Gasteiger partial charge in [-0.3, -0.25) is 9.89 Å². The Morgan fingerprint density at radius 3 is 2.44 bits per heavy atom. The summed E-state index contributed by atoms with van der Waals surface area (Å²) in [4.78, 5) is 8.33. The summed E-state index contributed by atoms with van der Waals surface area (Å²) in [6.45, 7) is 6.18. The van der Waals surface area contributed by atoms with Gasteiger partial charge in [-0.1, -0.05) is 0 Å². The van der Waals surface area contributed by atoms with Gasteiger partial charge in [-0.05, 0) is 39.2 Å². The first kappa shape index (κ1) is 24.7. The fourth-order valence-corrected chi connectivity index (χ4v) is 3.49. The first-order chi connectivity index (χ1) is 12.4. The zero-order chi connectivity index (χ0) is 19.0. The minimum atomic E-state index is -4.14. The van der Waals surface area contributed by atoms with Gasteiger partial charge in [0.2, 0.25) is 0 Å². The van der Waals surface area contributed by atoms with Crippen LogP contribution in [-0.4, -0.2) is 91.5 Å². The zero-order valence-electron chi connectivity index (χ0n) is 16.0. The van der Waals surface area contributed by atoms with E-state index in [0.717, 1.165) is 45.4 Å². The summed E-state index contributed by atoms with van der Waals surface area (Å²) in [5.41, 5.74) is 0. The van der Waals surface area contributed by atoms with Crippen molar-refractivity contribution in [2.75, 3.05) is 52.4 Å². The molecule has 160 valence electrons. The molecule has 27 heavy (non-hydrogen) atoms. The lowest BCUT2D eigenvalue weighted by Gasteiger charge is -2.29. The molecule has 2 aliphatic heterocycles. The normalized spacial score (nSPS) is 23.3. The van der Waals surface area contributed by atoms with E-state index in [-0.39, 0.29) is 36.1 Å². The number of alkyl halides is 3. The number of aliphatic imine (C=N–C) groups is 1. The van der Waals surface area contributed by atoms with E-state index >= 15 is 0 Å². The van der Waals surface area contributed by atoms with Gasteiger partial charge in [0, 0.05) is 45.3 Å². The molecule has 1 unspecified atom stereocenters. The lowest BCUT2D eigenvalue weighted by molar-refractivity contribution is -0.143. The van der Waals surface area contributed by atoms with Crippen LogP contribution in [0.2, 0.25) is 0 Å². The van der Waals surface area contributed by atoms with Crippen LogP contribution in [0.1, 0.15) is 32.6 Å². The number of halogens is 4. The Bertz CT molecular complexity index is 445. The Kier molecular flexibility index (Phi) is 11.2. The Hall–Kier alpha value is -0.330. The van der Waals surface area contributed by atoms with Crippen molar-refractivity contribution in [3.05, 3.63) is 0 Å². The third kappa shape index (κ3) is 10.1. The second-order valence-electron chi connectivity index (χ2n) is 7.17. The van der Waals surface area contributed by atoms with Crippen LogP contribution < -0.4 is 10.6 Å². The molecule has 3 N–H and O–H groups in total. The summed E-state index contributed by atoms with van der Waals surface area (Å²) < 4.78 is 37.4. The van der Waals surface area contributed by atoms with Crippen LogP contribution in [0.15, 0.2) is 4.99 Å². The molecule has 2 saturated heterocycles. The minimum Gasteiger partial charge on any atom is -0.393 e. The van der Waals surface area contributed by atoms with Gasteiger partial charge < -0.3 is 20.6 Å². The summed E-state index contributed by atoms with van der Waals surface area (Å²) in [5.74, 6) is 0.681. The molecule has 0 amide bonds. The average Bonchev–Trinajstić information content (AvgIpc) is 2.98. The van der Waals surface area contributed by atoms with Crippen LogP contribution in [0.3, 0.4) is 0 Å². The van der Waals surface area contributed by atoms with Crippen LogP contribution >= 0.6 is 24.0 Å². The first-order valence-electron chi connectivity index (χ1n) is 9.60. The number of hydrogen-bond donors (Lipinski definition) is 3. The predicted molar refractivity (Wildman–Crippen MR) is 112 cm³/mol. The maximum atomic E-state index is 12.5. The molecule has 0 bridgehead atoms. The number of guanidine groups is 1. The smallest absolute Gasteiger partial charge is 0.393 e. The van der Waals surface area contributed by atoms with Crippen LogP contribution in [0.4, 0.5) is 13.2 Å². The Labute approximate surface area is 177 Å². The van der Waals surface area contributed by atoms with Gasteiger partial charge >= 0.3 is 6.18 Å². The Balaban J connectivity index is 0.00000364. The van der Waals surface area contributed by atoms with Crippen molar-refractivity contribution < 1.29 is 18.3 Å². The van der Waals surface area contributed by atoms with Crippen LogP contribution in [0, 0.1) is 0 Å². The predicted octanol–water partition coefficient (Wildman–Crippen LogP) is 1.64. The SMILES string of the molecule is CCNC(=NCCCN1CCC(O)CC1)NC1CCN(CC(F)(F)F)C1.I. The van der Waals surface area contributed by atoms with Crippen molar-refractivity contribution >= 4 is 29.9 Å². The quantitative estimate of drug-likeness (QED) is 0.212. The van der Waals surface area contributed by atoms with E-state index in [1.54, 1.807) is 0 Å². The van der Waals surface area contributed by atoms with Gasteiger partial charge in [0.1, 0.15) is 0 Å². The van der Waals surface area contributed by atoms with Crippen LogP contribution in [-0.2, 0) is 0 Å². The number of rotatable bonds is 7. The second kappa shape index (κ2) is 12.3. The number of nitrogens with zero attached hydrogens (tertiary/aromatic N) is 3. The van der Waals surface area contributed by atoms with Crippen molar-refractivity contribution in [2.24, 2.45) is 4.99 Å². The molecule has 0 aromatic rings. The topological polar surface area (TPSA) is 63.1 Å². The van der Waals surface area contributed by atoms with E-state index in [1.807, 2.05) is 6.92 Å². The second-order valence-corrected chi connectivity index (χ2v) is 7.17. The zero-order valence-corrected chi connectivity index (χ0v) is 18.3. The lowest BCUT2D eigenvalue weighted by atomic mass is 10.1. The number of likely N-dealkylation sites (tertiary alicyclic amines) is 2. The van der Waals surface area contributed by atoms with Crippen LogP contribution in [0.5, 0.6) is 0 Å². The number of aliphatic hydroxyl groups is 1. The summed E-state index contributed by atoms with van der Waals surface area (Å²) in [6.07, 6.45) is -1.00. The maximum absolute atomic E-state index is 12.5. The molecule has 0 saturated carbocycles. The fourth-order valence-electron chi connectivity index (χ4n) is 3.49. The summed E-state index contributed by atoms with van der Waals surface area (Å²) in [5, 5.41) is 15.9. The summed E-state index contributed by atoms with van der Waals surface area (Å²) >= 11 is 0. The third-order valence-corrected chi connectivity index (χ3v) is 4.82. The largest absolute Gasteiger partial charge is 0.401 e. The highest BCUT2D eigenvalue weighted by Crippen LogP contribution is 2.19. The van der Waals surface area contributed by atoms with E-state index in [9.17, 15) is 18.3 Å². The van der Waals surface area contributed by atoms with Gasteiger partial charge in [-0.25, -0.2) is 0 Å². The van der Waals surface area contributed by atoms with E-state index in [4.69, 9.17) is 0 Å². The standard InChI is InChI=1S/C17H32F3N5O.HI/c1-2-21-16(22-7-3-8-24-10-5-15(26)6-11-24)23-14-4-9-25(12-14)13-17(18,19)20;/h14-15,26H,2-13H2,1H3,(H2,21,22,23);1H. The van der Waals surface area contributed by atoms with Gasteiger partial charge in [0.05, 0.1) is 12.6 Å². The van der Waals surface area contributed by atoms with Crippen molar-refractivity contribution in [1.29, 1.82) is 0 Å². The molecule has 0 aromatic carbocycles. The first-order valence-corrected chi connectivity index (χ1v) is 9.60. The molecule has 2 rings (SSSR count). The van der Waals surface area contributed by atoms with E-state index in [0.29, 0.717) is 32.0 Å². The van der Waals surface area contributed by atoms with Gasteiger partial charge in [-0.15, -0.1) is 24.0 Å². The molecular formula is C17H33F3IN5O. The van der Waals surface area contributed by atoms with Gasteiger partial charge in [0.25, 0.3) is 0 Å². The van der Waals surface area contributed by atoms with Crippen LogP contribution in [0.25, 0.3) is 0 Å². The number of hydrogen-bond acceptors (Lipinski definition) is 4. The van der Waals surface area contributed by atoms with Gasteiger partial charge in [0.15, 0.2) is 5.96 Å². The molecule has 2 fully saturated rings. The minimum absolute atomic E-state index is 0. The lowest BCUT2D eigenvalue weighted by Crippen LogP contribution is -2.45. The van der Waals surface area contributed by atoms with Crippen molar-refractivity contribution in [3.63, 3.8) is 0 Å². The third-order valence-electron chi connectivity index (χ3n) is 4.82. The molecule has 0 aromatic heterocycles. The highest BCUT2D eigenvalue weighted by atomic mass is 127. The van der Waals surface area contributed by atoms with Crippen molar-refractivity contribution in [1.82, 2.24) is 20.4 Å². The van der Waals surface area contributed by atoms with Crippen molar-refractivity contribution in [2.45, 2.75) is 50.9 Å². The number of aliphatic hydroxyl groups excluding tert-OH is 1. The maximum Gasteiger partial charge on any atom is 0.401 e. The number of nitrogens with one attached hydrogen (secondary N) is 2. The highest BCUT2D eigenvalue weighted by Gasteiger charge is 2.34. The molecule has 1 atom stereocenters. The molecule has 0 aliphatic carbocycles. The molecule has 10 heteroatoms. The molecular weight excluding hydrogens is 474 g/mol. The van der Waals surface area contributed by atoms with Crippen molar-refractivity contribution in [3.8, 4) is 0 Å². The molecule has 0 radical (unpaired) electrons. The monoisotopic (exact) mass is 507 g/mol.